The Hall–Kier alpha value is -1.33. The van der Waals surface area contributed by atoms with Crippen molar-refractivity contribution in [2.24, 2.45) is 5.73 Å². The molecule has 2 N–H and O–H groups in total. The van der Waals surface area contributed by atoms with E-state index in [-0.39, 0.29) is 10.6 Å². The van der Waals surface area contributed by atoms with Crippen LogP contribution >= 0.6 is 34.8 Å². The van der Waals surface area contributed by atoms with Crippen LogP contribution in [0.5, 0.6) is 11.5 Å². The summed E-state index contributed by atoms with van der Waals surface area (Å²) in [5.41, 5.74) is 6.55. The van der Waals surface area contributed by atoms with E-state index >= 15 is 0 Å². The van der Waals surface area contributed by atoms with E-state index in [4.69, 9.17) is 32.7 Å². The molecule has 1 aromatic rings. The first-order chi connectivity index (χ1) is 9.53. The van der Waals surface area contributed by atoms with Crippen molar-refractivity contribution in [1.29, 1.82) is 5.26 Å². The maximum atomic E-state index is 8.99. The first kappa shape index (κ1) is 16.7. The molecule has 0 fully saturated rings. The monoisotopic (exact) mass is 402 g/mol. The molecule has 4 nitrogen and oxygen atoms in total. The van der Waals surface area contributed by atoms with Crippen LogP contribution in [0.4, 0.5) is 0 Å². The highest BCUT2D eigenvalue weighted by atomic mass is 127. The number of nitrogens with zero attached hydrogens (tertiary/aromatic N) is 1. The molecule has 0 saturated carbocycles. The Balaban J connectivity index is 3.31. The van der Waals surface area contributed by atoms with E-state index < -0.39 is 0 Å². The third kappa shape index (κ3) is 4.35. The van der Waals surface area contributed by atoms with Crippen LogP contribution in [0.2, 0.25) is 0 Å². The molecule has 0 aliphatic rings. The maximum Gasteiger partial charge on any atom is 0.174 e. The van der Waals surface area contributed by atoms with Gasteiger partial charge in [-0.2, -0.15) is 5.26 Å². The molecule has 0 aliphatic carbocycles. The molecular formula is C14H15IN2O2S. The number of hydrogen-bond donors (Lipinski definition) is 1. The van der Waals surface area contributed by atoms with E-state index in [9.17, 15) is 0 Å². The van der Waals surface area contributed by atoms with Gasteiger partial charge >= 0.3 is 0 Å². The molecule has 0 atom stereocenters. The number of halogens is 1. The van der Waals surface area contributed by atoms with Gasteiger partial charge in [0.25, 0.3) is 0 Å². The van der Waals surface area contributed by atoms with E-state index in [1.165, 1.54) is 0 Å². The molecule has 0 aromatic heterocycles. The average Bonchev–Trinajstić information content (AvgIpc) is 2.40. The summed E-state index contributed by atoms with van der Waals surface area (Å²) in [5.74, 6) is 1.36. The molecule has 0 spiro atoms. The first-order valence-corrected chi connectivity index (χ1v) is 7.52. The van der Waals surface area contributed by atoms with Crippen molar-refractivity contribution < 1.29 is 9.47 Å². The molecule has 20 heavy (non-hydrogen) atoms. The van der Waals surface area contributed by atoms with Gasteiger partial charge in [0.2, 0.25) is 0 Å². The zero-order valence-electron chi connectivity index (χ0n) is 11.3. The summed E-state index contributed by atoms with van der Waals surface area (Å²) >= 11 is 7.00. The van der Waals surface area contributed by atoms with Crippen molar-refractivity contribution in [3.05, 3.63) is 26.8 Å². The van der Waals surface area contributed by atoms with Crippen LogP contribution in [-0.4, -0.2) is 18.2 Å². The van der Waals surface area contributed by atoms with Crippen LogP contribution in [0.25, 0.3) is 6.08 Å². The molecule has 0 radical (unpaired) electrons. The van der Waals surface area contributed by atoms with Gasteiger partial charge in [-0.05, 0) is 60.2 Å². The summed E-state index contributed by atoms with van der Waals surface area (Å²) in [6.45, 7) is 4.91. The molecule has 0 heterocycles. The summed E-state index contributed by atoms with van der Waals surface area (Å²) in [6, 6.07) is 5.69. The Morgan fingerprint density at radius 3 is 2.55 bits per heavy atom. The Kier molecular flexibility index (Phi) is 6.75. The summed E-state index contributed by atoms with van der Waals surface area (Å²) in [4.78, 5) is 0.0781. The number of ether oxygens (including phenoxy) is 2. The van der Waals surface area contributed by atoms with Crippen LogP contribution in [-0.2, 0) is 0 Å². The van der Waals surface area contributed by atoms with Gasteiger partial charge in [0.1, 0.15) is 11.1 Å². The van der Waals surface area contributed by atoms with Crippen molar-refractivity contribution in [3.63, 3.8) is 0 Å². The van der Waals surface area contributed by atoms with E-state index in [0.29, 0.717) is 24.7 Å². The smallest absolute Gasteiger partial charge is 0.174 e. The van der Waals surface area contributed by atoms with E-state index in [2.05, 4.69) is 22.6 Å². The molecule has 0 amide bonds. The fraction of sp³-hybridized carbons (Fsp3) is 0.286. The molecule has 1 rings (SSSR count). The number of nitriles is 1. The van der Waals surface area contributed by atoms with Crippen molar-refractivity contribution in [2.45, 2.75) is 13.8 Å². The SMILES string of the molecule is CCOc1cc(/C=C(\C#N)C(N)=S)cc(I)c1OCC. The normalized spacial score (nSPS) is 10.8. The molecular weight excluding hydrogens is 387 g/mol. The topological polar surface area (TPSA) is 68.3 Å². The van der Waals surface area contributed by atoms with Crippen LogP contribution in [0.1, 0.15) is 19.4 Å². The van der Waals surface area contributed by atoms with E-state index in [1.807, 2.05) is 32.0 Å². The Bertz CT molecular complexity index is 579. The van der Waals surface area contributed by atoms with Gasteiger partial charge in [-0.1, -0.05) is 12.2 Å². The standard InChI is InChI=1S/C14H15IN2O2S/c1-3-18-12-7-9(5-10(8-16)14(17)20)6-11(15)13(12)19-4-2/h5-7H,3-4H2,1-2H3,(H2,17,20)/b10-5+. The summed E-state index contributed by atoms with van der Waals surface area (Å²) < 4.78 is 12.1. The highest BCUT2D eigenvalue weighted by Crippen LogP contribution is 2.34. The molecule has 0 bridgehead atoms. The van der Waals surface area contributed by atoms with Gasteiger partial charge in [0, 0.05) is 0 Å². The van der Waals surface area contributed by atoms with Gasteiger partial charge in [-0.25, -0.2) is 0 Å². The predicted octanol–water partition coefficient (Wildman–Crippen LogP) is 3.28. The second kappa shape index (κ2) is 8.07. The first-order valence-electron chi connectivity index (χ1n) is 6.04. The van der Waals surface area contributed by atoms with E-state index in [1.54, 1.807) is 6.08 Å². The quantitative estimate of drug-likeness (QED) is 0.342. The van der Waals surface area contributed by atoms with Gasteiger partial charge in [-0.15, -0.1) is 0 Å². The average molecular weight is 402 g/mol. The number of hydrogen-bond acceptors (Lipinski definition) is 4. The van der Waals surface area contributed by atoms with Gasteiger partial charge in [0.05, 0.1) is 22.4 Å². The Morgan fingerprint density at radius 2 is 2.05 bits per heavy atom. The fourth-order valence-electron chi connectivity index (χ4n) is 1.54. The predicted molar refractivity (Wildman–Crippen MR) is 91.9 cm³/mol. The number of benzene rings is 1. The largest absolute Gasteiger partial charge is 0.490 e. The van der Waals surface area contributed by atoms with E-state index in [0.717, 1.165) is 9.13 Å². The lowest BCUT2D eigenvalue weighted by Gasteiger charge is -2.13. The molecule has 6 heteroatoms. The van der Waals surface area contributed by atoms with Crippen LogP contribution in [0, 0.1) is 14.9 Å². The van der Waals surface area contributed by atoms with Gasteiger partial charge < -0.3 is 15.2 Å². The molecule has 0 unspecified atom stereocenters. The summed E-state index contributed by atoms with van der Waals surface area (Å²) in [5, 5.41) is 8.99. The zero-order chi connectivity index (χ0) is 15.1. The minimum absolute atomic E-state index is 0.0781. The third-order valence-electron chi connectivity index (χ3n) is 2.32. The molecule has 0 aliphatic heterocycles. The van der Waals surface area contributed by atoms with Gasteiger partial charge in [0.15, 0.2) is 11.5 Å². The second-order valence-corrected chi connectivity index (χ2v) is 5.33. The minimum atomic E-state index is 0.0781. The van der Waals surface area contributed by atoms with Crippen molar-refractivity contribution in [3.8, 4) is 17.6 Å². The van der Waals surface area contributed by atoms with Crippen LogP contribution < -0.4 is 15.2 Å². The second-order valence-electron chi connectivity index (χ2n) is 3.73. The molecule has 106 valence electrons. The Morgan fingerprint density at radius 1 is 1.40 bits per heavy atom. The highest BCUT2D eigenvalue weighted by Gasteiger charge is 2.11. The summed E-state index contributed by atoms with van der Waals surface area (Å²) in [6.07, 6.45) is 1.64. The number of rotatable bonds is 6. The summed E-state index contributed by atoms with van der Waals surface area (Å²) in [7, 11) is 0. The van der Waals surface area contributed by atoms with Crippen LogP contribution in [0.3, 0.4) is 0 Å². The lowest BCUT2D eigenvalue weighted by atomic mass is 10.1. The van der Waals surface area contributed by atoms with Gasteiger partial charge in [-0.3, -0.25) is 0 Å². The number of thiocarbonyl (C=S) groups is 1. The minimum Gasteiger partial charge on any atom is -0.490 e. The molecule has 0 saturated heterocycles. The van der Waals surface area contributed by atoms with Crippen molar-refractivity contribution >= 4 is 45.9 Å². The molecule has 1 aromatic carbocycles. The van der Waals surface area contributed by atoms with Crippen LogP contribution in [0.15, 0.2) is 17.7 Å². The van der Waals surface area contributed by atoms with Crippen molar-refractivity contribution in [1.82, 2.24) is 0 Å². The Labute approximate surface area is 137 Å². The highest BCUT2D eigenvalue weighted by molar-refractivity contribution is 14.1. The fourth-order valence-corrected chi connectivity index (χ4v) is 2.43. The maximum absolute atomic E-state index is 8.99. The van der Waals surface area contributed by atoms with Crippen molar-refractivity contribution in [2.75, 3.05) is 13.2 Å². The zero-order valence-corrected chi connectivity index (χ0v) is 14.2. The lowest BCUT2D eigenvalue weighted by molar-refractivity contribution is 0.286. The number of nitrogens with two attached hydrogens (primary N) is 1. The third-order valence-corrected chi connectivity index (χ3v) is 3.34. The lowest BCUT2D eigenvalue weighted by Crippen LogP contribution is -2.09.